The minimum atomic E-state index is 0.470. The van der Waals surface area contributed by atoms with E-state index in [0.717, 1.165) is 17.8 Å². The van der Waals surface area contributed by atoms with Crippen molar-refractivity contribution in [2.75, 3.05) is 0 Å². The van der Waals surface area contributed by atoms with E-state index < -0.39 is 0 Å². The summed E-state index contributed by atoms with van der Waals surface area (Å²) in [5, 5.41) is 0. The van der Waals surface area contributed by atoms with Gasteiger partial charge in [-0.25, -0.2) is 0 Å². The molecule has 0 spiro atoms. The Balaban J connectivity index is 2.10. The van der Waals surface area contributed by atoms with Crippen molar-refractivity contribution in [2.45, 2.75) is 52.9 Å². The molecule has 0 unspecified atom stereocenters. The Hall–Kier alpha value is -0.980. The van der Waals surface area contributed by atoms with Gasteiger partial charge in [0.15, 0.2) is 0 Å². The van der Waals surface area contributed by atoms with Crippen LogP contribution in [-0.2, 0) is 0 Å². The molecule has 16 heavy (non-hydrogen) atoms. The van der Waals surface area contributed by atoms with Gasteiger partial charge in [-0.2, -0.15) is 0 Å². The molecule has 1 heterocycles. The highest BCUT2D eigenvalue weighted by Crippen LogP contribution is 2.24. The standard InChI is InChI=1S/C15H24O/c1-13(14-10-8-12-16-14)9-6-5-7-11-15(2,3)4/h8,10,12H,1,5-7,9,11H2,2-4H3. The number of rotatable bonds is 6. The molecule has 0 aliphatic carbocycles. The number of hydrogen-bond acceptors (Lipinski definition) is 1. The number of furan rings is 1. The average Bonchev–Trinajstić information content (AvgIpc) is 2.67. The van der Waals surface area contributed by atoms with E-state index in [9.17, 15) is 0 Å². The van der Waals surface area contributed by atoms with Gasteiger partial charge in [0.05, 0.1) is 6.26 Å². The molecule has 0 fully saturated rings. The molecule has 0 amide bonds. The molecule has 1 aromatic rings. The first-order chi connectivity index (χ1) is 7.49. The van der Waals surface area contributed by atoms with Crippen LogP contribution >= 0.6 is 0 Å². The fraction of sp³-hybridized carbons (Fsp3) is 0.600. The van der Waals surface area contributed by atoms with Gasteiger partial charge in [0.1, 0.15) is 5.76 Å². The minimum absolute atomic E-state index is 0.470. The third-order valence-electron chi connectivity index (χ3n) is 2.77. The highest BCUT2D eigenvalue weighted by Gasteiger charge is 2.09. The molecule has 0 N–H and O–H groups in total. The second-order valence-electron chi connectivity index (χ2n) is 5.70. The molecule has 0 saturated heterocycles. The van der Waals surface area contributed by atoms with E-state index in [2.05, 4.69) is 27.4 Å². The molecule has 0 aromatic carbocycles. The van der Waals surface area contributed by atoms with E-state index in [1.165, 1.54) is 25.7 Å². The Morgan fingerprint density at radius 1 is 1.25 bits per heavy atom. The van der Waals surface area contributed by atoms with E-state index in [4.69, 9.17) is 4.42 Å². The van der Waals surface area contributed by atoms with Crippen molar-refractivity contribution in [2.24, 2.45) is 5.41 Å². The Kier molecular flexibility index (Phi) is 4.85. The van der Waals surface area contributed by atoms with Crippen LogP contribution < -0.4 is 0 Å². The first-order valence-electron chi connectivity index (χ1n) is 6.21. The summed E-state index contributed by atoms with van der Waals surface area (Å²) in [5.41, 5.74) is 1.60. The summed E-state index contributed by atoms with van der Waals surface area (Å²) >= 11 is 0. The predicted octanol–water partition coefficient (Wildman–Crippen LogP) is 5.29. The van der Waals surface area contributed by atoms with Gasteiger partial charge in [-0.1, -0.05) is 40.2 Å². The highest BCUT2D eigenvalue weighted by molar-refractivity contribution is 5.58. The van der Waals surface area contributed by atoms with Gasteiger partial charge in [-0.15, -0.1) is 0 Å². The third-order valence-corrected chi connectivity index (χ3v) is 2.77. The van der Waals surface area contributed by atoms with Crippen LogP contribution in [0, 0.1) is 5.41 Å². The van der Waals surface area contributed by atoms with Crippen molar-refractivity contribution in [1.29, 1.82) is 0 Å². The maximum absolute atomic E-state index is 5.31. The van der Waals surface area contributed by atoms with Gasteiger partial charge in [-0.05, 0) is 42.4 Å². The first-order valence-corrected chi connectivity index (χ1v) is 6.21. The molecule has 1 heteroatoms. The summed E-state index contributed by atoms with van der Waals surface area (Å²) in [4.78, 5) is 0. The van der Waals surface area contributed by atoms with Crippen LogP contribution in [0.1, 0.15) is 58.6 Å². The van der Waals surface area contributed by atoms with Crippen LogP contribution in [0.25, 0.3) is 5.57 Å². The lowest BCUT2D eigenvalue weighted by Crippen LogP contribution is -2.03. The largest absolute Gasteiger partial charge is 0.465 e. The summed E-state index contributed by atoms with van der Waals surface area (Å²) in [6.07, 6.45) is 7.89. The lowest BCUT2D eigenvalue weighted by atomic mass is 9.89. The van der Waals surface area contributed by atoms with Gasteiger partial charge >= 0.3 is 0 Å². The Morgan fingerprint density at radius 2 is 2.00 bits per heavy atom. The van der Waals surface area contributed by atoms with Crippen LogP contribution in [0.4, 0.5) is 0 Å². The molecule has 1 aromatic heterocycles. The SMILES string of the molecule is C=C(CCCCCC(C)(C)C)c1ccco1. The van der Waals surface area contributed by atoms with Gasteiger partial charge < -0.3 is 4.42 Å². The van der Waals surface area contributed by atoms with Crippen molar-refractivity contribution in [3.8, 4) is 0 Å². The normalized spacial score (nSPS) is 11.7. The predicted molar refractivity (Wildman–Crippen MR) is 70.3 cm³/mol. The van der Waals surface area contributed by atoms with Crippen molar-refractivity contribution in [1.82, 2.24) is 0 Å². The summed E-state index contributed by atoms with van der Waals surface area (Å²) in [7, 11) is 0. The van der Waals surface area contributed by atoms with E-state index in [-0.39, 0.29) is 0 Å². The highest BCUT2D eigenvalue weighted by atomic mass is 16.3. The molecular formula is C15H24O. The Labute approximate surface area is 99.6 Å². The maximum Gasteiger partial charge on any atom is 0.129 e. The zero-order valence-corrected chi connectivity index (χ0v) is 10.9. The Morgan fingerprint density at radius 3 is 2.56 bits per heavy atom. The van der Waals surface area contributed by atoms with E-state index in [0.29, 0.717) is 5.41 Å². The zero-order valence-electron chi connectivity index (χ0n) is 10.9. The van der Waals surface area contributed by atoms with E-state index in [1.54, 1.807) is 6.26 Å². The average molecular weight is 220 g/mol. The van der Waals surface area contributed by atoms with Gasteiger partial charge in [0.2, 0.25) is 0 Å². The molecule has 0 radical (unpaired) electrons. The molecule has 90 valence electrons. The molecule has 0 bridgehead atoms. The molecular weight excluding hydrogens is 196 g/mol. The molecule has 0 saturated carbocycles. The third kappa shape index (κ3) is 5.20. The molecule has 0 aliphatic rings. The zero-order chi connectivity index (χ0) is 12.0. The maximum atomic E-state index is 5.31. The summed E-state index contributed by atoms with van der Waals surface area (Å²) in [6, 6.07) is 3.90. The number of allylic oxidation sites excluding steroid dienone is 1. The molecule has 1 rings (SSSR count). The van der Waals surface area contributed by atoms with Crippen LogP contribution in [-0.4, -0.2) is 0 Å². The van der Waals surface area contributed by atoms with Crippen LogP contribution in [0.5, 0.6) is 0 Å². The van der Waals surface area contributed by atoms with Gasteiger partial charge in [0, 0.05) is 0 Å². The second kappa shape index (κ2) is 5.93. The van der Waals surface area contributed by atoms with Crippen molar-refractivity contribution < 1.29 is 4.42 Å². The van der Waals surface area contributed by atoms with Crippen LogP contribution in [0.2, 0.25) is 0 Å². The minimum Gasteiger partial charge on any atom is -0.465 e. The van der Waals surface area contributed by atoms with Crippen molar-refractivity contribution >= 4 is 5.57 Å². The summed E-state index contributed by atoms with van der Waals surface area (Å²) in [6.45, 7) is 11.0. The Bertz CT molecular complexity index is 301. The number of hydrogen-bond donors (Lipinski definition) is 0. The smallest absolute Gasteiger partial charge is 0.129 e. The van der Waals surface area contributed by atoms with Gasteiger partial charge in [0.25, 0.3) is 0 Å². The first kappa shape index (κ1) is 13.1. The topological polar surface area (TPSA) is 13.1 Å². The van der Waals surface area contributed by atoms with E-state index >= 15 is 0 Å². The fourth-order valence-electron chi connectivity index (χ4n) is 1.77. The van der Waals surface area contributed by atoms with Gasteiger partial charge in [-0.3, -0.25) is 0 Å². The lowest BCUT2D eigenvalue weighted by molar-refractivity contribution is 0.358. The van der Waals surface area contributed by atoms with Crippen LogP contribution in [0.3, 0.4) is 0 Å². The monoisotopic (exact) mass is 220 g/mol. The van der Waals surface area contributed by atoms with Crippen LogP contribution in [0.15, 0.2) is 29.4 Å². The van der Waals surface area contributed by atoms with Crippen molar-refractivity contribution in [3.05, 3.63) is 30.7 Å². The number of unbranched alkanes of at least 4 members (excludes halogenated alkanes) is 2. The molecule has 0 atom stereocenters. The van der Waals surface area contributed by atoms with Crippen molar-refractivity contribution in [3.63, 3.8) is 0 Å². The fourth-order valence-corrected chi connectivity index (χ4v) is 1.77. The summed E-state index contributed by atoms with van der Waals surface area (Å²) in [5.74, 6) is 0.941. The molecule has 0 aliphatic heterocycles. The molecule has 1 nitrogen and oxygen atoms in total. The van der Waals surface area contributed by atoms with E-state index in [1.807, 2.05) is 12.1 Å². The second-order valence-corrected chi connectivity index (χ2v) is 5.70. The lowest BCUT2D eigenvalue weighted by Gasteiger charge is -2.17. The summed E-state index contributed by atoms with van der Waals surface area (Å²) < 4.78 is 5.31. The quantitative estimate of drug-likeness (QED) is 0.594.